The van der Waals surface area contributed by atoms with Gasteiger partial charge in [0, 0.05) is 16.1 Å². The van der Waals surface area contributed by atoms with Crippen LogP contribution in [0.25, 0.3) is 10.9 Å². The topological polar surface area (TPSA) is 56.3 Å². The van der Waals surface area contributed by atoms with Crippen LogP contribution in [0.3, 0.4) is 0 Å². The van der Waals surface area contributed by atoms with Crippen molar-refractivity contribution in [2.24, 2.45) is 5.92 Å². The summed E-state index contributed by atoms with van der Waals surface area (Å²) in [6, 6.07) is 6.08. The third-order valence-electron chi connectivity index (χ3n) is 2.96. The summed E-state index contributed by atoms with van der Waals surface area (Å²) >= 11 is 5.89. The molecule has 0 saturated heterocycles. The molecule has 0 aliphatic rings. The van der Waals surface area contributed by atoms with Gasteiger partial charge in [0.05, 0.1) is 11.5 Å². The van der Waals surface area contributed by atoms with Crippen molar-refractivity contribution in [3.8, 4) is 5.75 Å². The molecule has 0 fully saturated rings. The quantitative estimate of drug-likeness (QED) is 0.599. The first-order valence-corrected chi connectivity index (χ1v) is 9.14. The molecule has 1 heterocycles. The molecular formula is C14H15Cl2NO3S. The molecule has 1 aromatic heterocycles. The van der Waals surface area contributed by atoms with E-state index in [0.717, 1.165) is 6.42 Å². The molecule has 0 aliphatic carbocycles. The summed E-state index contributed by atoms with van der Waals surface area (Å²) in [4.78, 5) is 4.16. The van der Waals surface area contributed by atoms with Crippen molar-refractivity contribution in [3.05, 3.63) is 29.4 Å². The molecule has 0 spiro atoms. The molecular weight excluding hydrogens is 333 g/mol. The van der Waals surface area contributed by atoms with Crippen molar-refractivity contribution in [3.63, 3.8) is 0 Å². The van der Waals surface area contributed by atoms with Crippen LogP contribution in [-0.4, -0.2) is 20.0 Å². The van der Waals surface area contributed by atoms with Crippen molar-refractivity contribution in [2.45, 2.75) is 25.2 Å². The number of ether oxygens (including phenoxy) is 1. The van der Waals surface area contributed by atoms with Gasteiger partial charge in [0.1, 0.15) is 16.4 Å². The smallest absolute Gasteiger partial charge is 0.261 e. The third-order valence-corrected chi connectivity index (χ3v) is 4.55. The Morgan fingerprint density at radius 2 is 1.95 bits per heavy atom. The molecule has 0 radical (unpaired) electrons. The lowest BCUT2D eigenvalue weighted by Gasteiger charge is -2.12. The van der Waals surface area contributed by atoms with E-state index >= 15 is 0 Å². The van der Waals surface area contributed by atoms with E-state index in [1.165, 1.54) is 12.1 Å². The van der Waals surface area contributed by atoms with Gasteiger partial charge in [-0.05, 0) is 36.6 Å². The molecule has 0 amide bonds. The SMILES string of the molecule is CC(C)CCOc1ccc(S(=O)(=O)Cl)c2ccc(Cl)nc12. The average molecular weight is 348 g/mol. The van der Waals surface area contributed by atoms with Crippen LogP contribution in [0.2, 0.25) is 5.15 Å². The monoisotopic (exact) mass is 347 g/mol. The molecule has 0 aliphatic heterocycles. The van der Waals surface area contributed by atoms with Gasteiger partial charge in [-0.3, -0.25) is 0 Å². The van der Waals surface area contributed by atoms with Gasteiger partial charge in [-0.15, -0.1) is 0 Å². The van der Waals surface area contributed by atoms with E-state index in [4.69, 9.17) is 27.0 Å². The Labute approximate surface area is 133 Å². The number of benzene rings is 1. The number of nitrogens with zero attached hydrogens (tertiary/aromatic N) is 1. The van der Waals surface area contributed by atoms with Crippen LogP contribution >= 0.6 is 22.3 Å². The molecule has 0 unspecified atom stereocenters. The molecule has 4 nitrogen and oxygen atoms in total. The van der Waals surface area contributed by atoms with Crippen molar-refractivity contribution in [1.29, 1.82) is 0 Å². The van der Waals surface area contributed by atoms with Crippen LogP contribution in [-0.2, 0) is 9.05 Å². The van der Waals surface area contributed by atoms with Gasteiger partial charge in [-0.25, -0.2) is 13.4 Å². The number of rotatable bonds is 5. The van der Waals surface area contributed by atoms with Crippen LogP contribution in [0.5, 0.6) is 5.75 Å². The van der Waals surface area contributed by atoms with Gasteiger partial charge in [0.15, 0.2) is 0 Å². The zero-order valence-electron chi connectivity index (χ0n) is 11.6. The van der Waals surface area contributed by atoms with Crippen molar-refractivity contribution < 1.29 is 13.2 Å². The van der Waals surface area contributed by atoms with Crippen LogP contribution < -0.4 is 4.74 Å². The molecule has 2 rings (SSSR count). The van der Waals surface area contributed by atoms with Crippen LogP contribution in [0, 0.1) is 5.92 Å². The fourth-order valence-electron chi connectivity index (χ4n) is 1.88. The minimum atomic E-state index is -3.86. The normalized spacial score (nSPS) is 12.0. The van der Waals surface area contributed by atoms with Gasteiger partial charge >= 0.3 is 0 Å². The second-order valence-corrected chi connectivity index (χ2v) is 7.98. The highest BCUT2D eigenvalue weighted by atomic mass is 35.7. The molecule has 0 saturated carbocycles. The van der Waals surface area contributed by atoms with Crippen LogP contribution in [0.1, 0.15) is 20.3 Å². The van der Waals surface area contributed by atoms with E-state index in [0.29, 0.717) is 29.2 Å². The number of halogens is 2. The van der Waals surface area contributed by atoms with Crippen molar-refractivity contribution in [2.75, 3.05) is 6.61 Å². The number of hydrogen-bond acceptors (Lipinski definition) is 4. The van der Waals surface area contributed by atoms with E-state index in [2.05, 4.69) is 18.8 Å². The summed E-state index contributed by atoms with van der Waals surface area (Å²) in [7, 11) is 1.59. The maximum absolute atomic E-state index is 11.6. The molecule has 114 valence electrons. The first-order valence-electron chi connectivity index (χ1n) is 6.46. The lowest BCUT2D eigenvalue weighted by molar-refractivity contribution is 0.292. The summed E-state index contributed by atoms with van der Waals surface area (Å²) in [6.45, 7) is 4.72. The third kappa shape index (κ3) is 3.99. The number of pyridine rings is 1. The van der Waals surface area contributed by atoms with Gasteiger partial charge in [0.2, 0.25) is 0 Å². The van der Waals surface area contributed by atoms with E-state index in [-0.39, 0.29) is 10.0 Å². The Hall–Kier alpha value is -1.04. The summed E-state index contributed by atoms with van der Waals surface area (Å²) in [6.07, 6.45) is 0.887. The molecule has 0 bridgehead atoms. The maximum atomic E-state index is 11.6. The predicted molar refractivity (Wildman–Crippen MR) is 84.7 cm³/mol. The first kappa shape index (κ1) is 16.3. The number of fused-ring (bicyclic) bond motifs is 1. The molecule has 21 heavy (non-hydrogen) atoms. The number of hydrogen-bond donors (Lipinski definition) is 0. The van der Waals surface area contributed by atoms with Crippen LogP contribution in [0.4, 0.5) is 0 Å². The van der Waals surface area contributed by atoms with Crippen LogP contribution in [0.15, 0.2) is 29.2 Å². The van der Waals surface area contributed by atoms with Crippen molar-refractivity contribution in [1.82, 2.24) is 4.98 Å². The Balaban J connectivity index is 2.51. The molecule has 7 heteroatoms. The summed E-state index contributed by atoms with van der Waals surface area (Å²) < 4.78 is 28.9. The highest BCUT2D eigenvalue weighted by molar-refractivity contribution is 8.14. The van der Waals surface area contributed by atoms with E-state index in [1.807, 2.05) is 0 Å². The minimum Gasteiger partial charge on any atom is -0.491 e. The largest absolute Gasteiger partial charge is 0.491 e. The van der Waals surface area contributed by atoms with Gasteiger partial charge in [-0.1, -0.05) is 25.4 Å². The van der Waals surface area contributed by atoms with E-state index < -0.39 is 9.05 Å². The Bertz CT molecular complexity index is 760. The highest BCUT2D eigenvalue weighted by Crippen LogP contribution is 2.32. The maximum Gasteiger partial charge on any atom is 0.261 e. The fraction of sp³-hybridized carbons (Fsp3) is 0.357. The standard InChI is InChI=1S/C14H15Cl2NO3S/c1-9(2)7-8-20-11-4-5-12(21(16,18)19)10-3-6-13(15)17-14(10)11/h3-6,9H,7-8H2,1-2H3. The lowest BCUT2D eigenvalue weighted by atomic mass is 10.1. The Kier molecular flexibility index (Phi) is 4.96. The predicted octanol–water partition coefficient (Wildman–Crippen LogP) is 4.24. The highest BCUT2D eigenvalue weighted by Gasteiger charge is 2.18. The molecule has 1 aromatic carbocycles. The Morgan fingerprint density at radius 1 is 1.24 bits per heavy atom. The average Bonchev–Trinajstić information content (AvgIpc) is 2.37. The number of aromatic nitrogens is 1. The van der Waals surface area contributed by atoms with Gasteiger partial charge < -0.3 is 4.74 Å². The zero-order valence-corrected chi connectivity index (χ0v) is 14.0. The second kappa shape index (κ2) is 6.38. The molecule has 0 atom stereocenters. The minimum absolute atomic E-state index is 0.000423. The van der Waals surface area contributed by atoms with Gasteiger partial charge in [-0.2, -0.15) is 0 Å². The first-order chi connectivity index (χ1) is 9.79. The Morgan fingerprint density at radius 3 is 2.57 bits per heavy atom. The van der Waals surface area contributed by atoms with Crippen molar-refractivity contribution >= 4 is 42.2 Å². The lowest BCUT2D eigenvalue weighted by Crippen LogP contribution is -2.03. The summed E-state index contributed by atoms with van der Waals surface area (Å²) in [5.41, 5.74) is 0.396. The van der Waals surface area contributed by atoms with E-state index in [9.17, 15) is 8.42 Å². The summed E-state index contributed by atoms with van der Waals surface area (Å²) in [5, 5.41) is 0.664. The summed E-state index contributed by atoms with van der Waals surface area (Å²) in [5.74, 6) is 1.01. The molecule has 2 aromatic rings. The second-order valence-electron chi connectivity index (χ2n) is 5.06. The van der Waals surface area contributed by atoms with Gasteiger partial charge in [0.25, 0.3) is 9.05 Å². The zero-order chi connectivity index (χ0) is 15.6. The van der Waals surface area contributed by atoms with E-state index in [1.54, 1.807) is 12.1 Å². The molecule has 0 N–H and O–H groups in total. The fourth-order valence-corrected chi connectivity index (χ4v) is 3.08.